The maximum atomic E-state index is 2.61. The molecule has 1 rings (SSSR count). The molecule has 1 aliphatic rings. The Balaban J connectivity index is 2.85. The molecule has 0 nitrogen and oxygen atoms in total. The summed E-state index contributed by atoms with van der Waals surface area (Å²) in [5, 5.41) is 0. The molecule has 0 unspecified atom stereocenters. The fourth-order valence-corrected chi connectivity index (χ4v) is 11.3. The van der Waals surface area contributed by atoms with Crippen molar-refractivity contribution in [2.45, 2.75) is 48.1 Å². The van der Waals surface area contributed by atoms with E-state index in [-0.39, 0.29) is 0 Å². The molecule has 0 bridgehead atoms. The Morgan fingerprint density at radius 1 is 0.700 bits per heavy atom. The van der Waals surface area contributed by atoms with Gasteiger partial charge in [0.15, 0.2) is 0 Å². The summed E-state index contributed by atoms with van der Waals surface area (Å²) in [5.74, 6) is 0. The molecule has 0 atom stereocenters. The molecule has 1 heterocycles. The van der Waals surface area contributed by atoms with Crippen molar-refractivity contribution < 1.29 is 0 Å². The van der Waals surface area contributed by atoms with Gasteiger partial charge in [-0.25, -0.2) is 0 Å². The van der Waals surface area contributed by atoms with Gasteiger partial charge in [0.25, 0.3) is 0 Å². The van der Waals surface area contributed by atoms with Gasteiger partial charge in [0.05, 0.1) is 0 Å². The molecular formula is C9H22Te. The van der Waals surface area contributed by atoms with Gasteiger partial charge >= 0.3 is 63.5 Å². The van der Waals surface area contributed by atoms with E-state index in [0.29, 0.717) is 0 Å². The average Bonchev–Trinajstić information content (AvgIpc) is 1.60. The van der Waals surface area contributed by atoms with Crippen LogP contribution < -0.4 is 0 Å². The van der Waals surface area contributed by atoms with E-state index < -0.39 is 15.4 Å². The second-order valence-electron chi connectivity index (χ2n) is 6.43. The summed E-state index contributed by atoms with van der Waals surface area (Å²) < 4.78 is 3.14. The van der Waals surface area contributed by atoms with Crippen LogP contribution in [0.4, 0.5) is 0 Å². The van der Waals surface area contributed by atoms with Crippen LogP contribution in [0, 0.1) is 0 Å². The fourth-order valence-electron chi connectivity index (χ4n) is 1.84. The normalized spacial score (nSPS) is 42.0. The van der Waals surface area contributed by atoms with E-state index in [9.17, 15) is 0 Å². The first-order valence-electron chi connectivity index (χ1n) is 4.21. The van der Waals surface area contributed by atoms with Crippen LogP contribution in [0.1, 0.15) is 19.3 Å². The first-order chi connectivity index (χ1) is 4.21. The van der Waals surface area contributed by atoms with E-state index in [2.05, 4.69) is 19.9 Å². The maximum absolute atomic E-state index is 2.61. The van der Waals surface area contributed by atoms with E-state index in [1.54, 1.807) is 8.94 Å². The molecule has 0 aromatic carbocycles. The molecular weight excluding hydrogens is 236 g/mol. The zero-order valence-corrected chi connectivity index (χ0v) is 10.3. The summed E-state index contributed by atoms with van der Waals surface area (Å²) in [5.41, 5.74) is 0. The van der Waals surface area contributed by atoms with Crippen LogP contribution in [0.3, 0.4) is 0 Å². The van der Waals surface area contributed by atoms with E-state index >= 15 is 0 Å². The van der Waals surface area contributed by atoms with Gasteiger partial charge in [-0.1, -0.05) is 0 Å². The van der Waals surface area contributed by atoms with Crippen LogP contribution in [-0.2, 0) is 0 Å². The quantitative estimate of drug-likeness (QED) is 0.575. The Morgan fingerprint density at radius 3 is 1.30 bits per heavy atom. The number of hydrogen-bond donors (Lipinski definition) is 0. The van der Waals surface area contributed by atoms with E-state index in [0.717, 1.165) is 0 Å². The van der Waals surface area contributed by atoms with Crippen LogP contribution in [0.25, 0.3) is 0 Å². The van der Waals surface area contributed by atoms with Gasteiger partial charge in [0, 0.05) is 0 Å². The molecule has 0 amide bonds. The van der Waals surface area contributed by atoms with E-state index in [4.69, 9.17) is 0 Å². The Labute approximate surface area is 63.6 Å². The van der Waals surface area contributed by atoms with Crippen molar-refractivity contribution in [2.75, 3.05) is 0 Å². The number of rotatable bonds is 0. The van der Waals surface area contributed by atoms with Crippen molar-refractivity contribution in [3.05, 3.63) is 0 Å². The fraction of sp³-hybridized carbons (Fsp3) is 1.00. The van der Waals surface area contributed by atoms with Crippen molar-refractivity contribution in [1.29, 1.82) is 0 Å². The summed E-state index contributed by atoms with van der Waals surface area (Å²) in [4.78, 5) is 10.4. The third-order valence-corrected chi connectivity index (χ3v) is 15.3. The first kappa shape index (κ1) is 8.88. The predicted octanol–water partition coefficient (Wildman–Crippen LogP) is 4.05. The van der Waals surface area contributed by atoms with Gasteiger partial charge < -0.3 is 0 Å². The van der Waals surface area contributed by atoms with Gasteiger partial charge in [-0.05, 0) is 0 Å². The van der Waals surface area contributed by atoms with Gasteiger partial charge in [0.2, 0.25) is 0 Å². The Bertz CT molecular complexity index is 134. The van der Waals surface area contributed by atoms with Crippen LogP contribution >= 0.6 is 0 Å². The van der Waals surface area contributed by atoms with Crippen molar-refractivity contribution >= 4 is 15.4 Å². The number of hydrogen-bond acceptors (Lipinski definition) is 0. The summed E-state index contributed by atoms with van der Waals surface area (Å²) in [6, 6.07) is 0. The third-order valence-electron chi connectivity index (χ3n) is 2.71. The molecule has 0 aliphatic carbocycles. The van der Waals surface area contributed by atoms with Gasteiger partial charge in [-0.2, -0.15) is 0 Å². The van der Waals surface area contributed by atoms with Crippen LogP contribution in [0.15, 0.2) is 0 Å². The Morgan fingerprint density at radius 2 is 1.10 bits per heavy atom. The van der Waals surface area contributed by atoms with Crippen LogP contribution in [0.5, 0.6) is 0 Å². The average molecular weight is 258 g/mol. The molecule has 64 valence electrons. The second-order valence-corrected chi connectivity index (χ2v) is 37.1. The summed E-state index contributed by atoms with van der Waals surface area (Å²) in [7, 11) is 0. The molecule has 0 aromatic heterocycles. The Kier molecular flexibility index (Phi) is 1.55. The van der Waals surface area contributed by atoms with Crippen molar-refractivity contribution in [2.24, 2.45) is 0 Å². The summed E-state index contributed by atoms with van der Waals surface area (Å²) in [6.45, 7) is 0. The van der Waals surface area contributed by atoms with Crippen molar-refractivity contribution in [3.63, 3.8) is 0 Å². The second kappa shape index (κ2) is 1.75. The topological polar surface area (TPSA) is 0 Å². The molecule has 0 spiro atoms. The molecule has 1 saturated heterocycles. The molecule has 0 radical (unpaired) electrons. The van der Waals surface area contributed by atoms with E-state index in [1.165, 1.54) is 19.3 Å². The molecule has 1 aliphatic heterocycles. The minimum atomic E-state index is -2.27. The summed E-state index contributed by atoms with van der Waals surface area (Å²) in [6.07, 6.45) is 4.50. The zero-order chi connectivity index (χ0) is 7.94. The SMILES string of the molecule is C[Te]1(C)(C)(C)CCCCC1. The Hall–Kier alpha value is 0.790. The standard InChI is InChI=1S/C9H22Te/c1-10(2,3,4)8-6-5-7-9-10/h5-9H2,1-4H3. The van der Waals surface area contributed by atoms with Gasteiger partial charge in [-0.15, -0.1) is 0 Å². The molecule has 1 fully saturated rings. The molecule has 10 heavy (non-hydrogen) atoms. The third kappa shape index (κ3) is 2.44. The van der Waals surface area contributed by atoms with E-state index in [1.807, 2.05) is 0 Å². The zero-order valence-electron chi connectivity index (χ0n) is 7.94. The minimum absolute atomic E-state index is 1.49. The molecule has 0 N–H and O–H groups in total. The van der Waals surface area contributed by atoms with Gasteiger partial charge in [-0.3, -0.25) is 0 Å². The molecule has 1 heteroatoms. The molecule has 0 aromatic rings. The summed E-state index contributed by atoms with van der Waals surface area (Å²) >= 11 is -2.27. The van der Waals surface area contributed by atoms with Crippen LogP contribution in [-0.4, -0.2) is 15.4 Å². The van der Waals surface area contributed by atoms with Crippen molar-refractivity contribution in [1.82, 2.24) is 0 Å². The molecule has 0 saturated carbocycles. The first-order valence-corrected chi connectivity index (χ1v) is 16.8. The van der Waals surface area contributed by atoms with Crippen LogP contribution in [0.2, 0.25) is 28.8 Å². The predicted molar refractivity (Wildman–Crippen MR) is 52.7 cm³/mol. The van der Waals surface area contributed by atoms with Gasteiger partial charge in [0.1, 0.15) is 0 Å². The monoisotopic (exact) mass is 260 g/mol. The van der Waals surface area contributed by atoms with Crippen molar-refractivity contribution in [3.8, 4) is 0 Å².